The monoisotopic (exact) mass is 433 g/mol. The molecule has 1 amide bonds. The molecule has 0 fully saturated rings. The maximum absolute atomic E-state index is 12.9. The number of benzene rings is 2. The summed E-state index contributed by atoms with van der Waals surface area (Å²) in [6, 6.07) is 15.8. The number of ketones is 1. The Morgan fingerprint density at radius 1 is 1.00 bits per heavy atom. The van der Waals surface area contributed by atoms with Gasteiger partial charge in [-0.05, 0) is 48.9 Å². The van der Waals surface area contributed by atoms with Gasteiger partial charge in [-0.2, -0.15) is 0 Å². The normalized spacial score (nSPS) is 11.4. The molecule has 0 bridgehead atoms. The van der Waals surface area contributed by atoms with E-state index >= 15 is 0 Å². The highest BCUT2D eigenvalue weighted by molar-refractivity contribution is 7.91. The number of Topliss-reactive ketones (excluding diaryl/α,β-unsaturated/α-hetero) is 1. The highest BCUT2D eigenvalue weighted by Gasteiger charge is 2.18. The standard InChI is InChI=1S/C23H19N3O4S/c1-15(27)17-3-2-4-20(11-17)31(29,30)19-7-5-16(6-8-19)13-25-23(28)22-12-18-14-24-10-9-21(18)26-22/h2-12,14,26H,13H2,1H3,(H,25,28). The van der Waals surface area contributed by atoms with E-state index in [9.17, 15) is 18.0 Å². The van der Waals surface area contributed by atoms with E-state index in [1.165, 1.54) is 31.2 Å². The maximum atomic E-state index is 12.9. The van der Waals surface area contributed by atoms with Gasteiger partial charge in [-0.1, -0.05) is 24.3 Å². The molecule has 156 valence electrons. The molecule has 4 aromatic rings. The van der Waals surface area contributed by atoms with E-state index in [1.807, 2.05) is 0 Å². The SMILES string of the molecule is CC(=O)c1cccc(S(=O)(=O)c2ccc(CNC(=O)c3cc4cnccc4[nH]3)cc2)c1. The van der Waals surface area contributed by atoms with Crippen LogP contribution in [-0.4, -0.2) is 30.1 Å². The summed E-state index contributed by atoms with van der Waals surface area (Å²) >= 11 is 0. The maximum Gasteiger partial charge on any atom is 0.267 e. The Balaban J connectivity index is 1.47. The number of pyridine rings is 1. The van der Waals surface area contributed by atoms with Gasteiger partial charge in [0.05, 0.1) is 9.79 Å². The molecule has 0 saturated heterocycles. The summed E-state index contributed by atoms with van der Waals surface area (Å²) in [4.78, 5) is 31.2. The number of nitrogens with one attached hydrogen (secondary N) is 2. The summed E-state index contributed by atoms with van der Waals surface area (Å²) < 4.78 is 25.7. The van der Waals surface area contributed by atoms with Crippen molar-refractivity contribution in [3.63, 3.8) is 0 Å². The van der Waals surface area contributed by atoms with Crippen molar-refractivity contribution in [1.29, 1.82) is 0 Å². The lowest BCUT2D eigenvalue weighted by molar-refractivity contribution is 0.0945. The van der Waals surface area contributed by atoms with Gasteiger partial charge in [-0.3, -0.25) is 14.6 Å². The first-order valence-electron chi connectivity index (χ1n) is 9.50. The van der Waals surface area contributed by atoms with Gasteiger partial charge in [0.25, 0.3) is 5.91 Å². The van der Waals surface area contributed by atoms with Crippen molar-refractivity contribution in [2.45, 2.75) is 23.3 Å². The number of sulfone groups is 1. The van der Waals surface area contributed by atoms with Crippen LogP contribution < -0.4 is 5.32 Å². The minimum Gasteiger partial charge on any atom is -0.350 e. The first-order chi connectivity index (χ1) is 14.8. The van der Waals surface area contributed by atoms with Crippen LogP contribution in [0.25, 0.3) is 10.9 Å². The minimum absolute atomic E-state index is 0.0644. The summed E-state index contributed by atoms with van der Waals surface area (Å²) in [5.74, 6) is -0.469. The van der Waals surface area contributed by atoms with Gasteiger partial charge in [0, 0.05) is 35.4 Å². The van der Waals surface area contributed by atoms with Crippen molar-refractivity contribution < 1.29 is 18.0 Å². The molecular weight excluding hydrogens is 414 g/mol. The molecule has 31 heavy (non-hydrogen) atoms. The molecule has 0 spiro atoms. The molecule has 2 N–H and O–H groups in total. The van der Waals surface area contributed by atoms with Gasteiger partial charge < -0.3 is 10.3 Å². The number of aromatic nitrogens is 2. The summed E-state index contributed by atoms with van der Waals surface area (Å²) in [5.41, 5.74) is 2.34. The summed E-state index contributed by atoms with van der Waals surface area (Å²) in [6.45, 7) is 1.63. The molecule has 0 atom stereocenters. The van der Waals surface area contributed by atoms with Crippen LogP contribution in [-0.2, 0) is 16.4 Å². The Labute approximate surface area is 179 Å². The zero-order chi connectivity index (χ0) is 22.0. The fourth-order valence-corrected chi connectivity index (χ4v) is 4.48. The van der Waals surface area contributed by atoms with E-state index in [0.717, 1.165) is 16.5 Å². The molecule has 0 saturated carbocycles. The third-order valence-corrected chi connectivity index (χ3v) is 6.67. The molecule has 0 aliphatic heterocycles. The minimum atomic E-state index is -3.75. The van der Waals surface area contributed by atoms with E-state index in [-0.39, 0.29) is 28.0 Å². The van der Waals surface area contributed by atoms with Crippen molar-refractivity contribution in [3.05, 3.63) is 89.9 Å². The predicted molar refractivity (Wildman–Crippen MR) is 116 cm³/mol. The van der Waals surface area contributed by atoms with Gasteiger partial charge in [-0.15, -0.1) is 0 Å². The number of H-pyrrole nitrogens is 1. The second-order valence-electron chi connectivity index (χ2n) is 7.06. The Morgan fingerprint density at radius 2 is 1.77 bits per heavy atom. The Bertz CT molecular complexity index is 1360. The molecule has 2 aromatic heterocycles. The second kappa shape index (κ2) is 8.16. The molecule has 0 unspecified atom stereocenters. The Kier molecular flexibility index (Phi) is 5.39. The zero-order valence-electron chi connectivity index (χ0n) is 16.6. The average Bonchev–Trinajstić information content (AvgIpc) is 3.22. The molecular formula is C23H19N3O4S. The molecule has 8 heteroatoms. The van der Waals surface area contributed by atoms with Gasteiger partial charge in [-0.25, -0.2) is 8.42 Å². The third-order valence-electron chi connectivity index (χ3n) is 4.90. The van der Waals surface area contributed by atoms with E-state index in [4.69, 9.17) is 0 Å². The van der Waals surface area contributed by atoms with Crippen LogP contribution >= 0.6 is 0 Å². The number of nitrogens with zero attached hydrogens (tertiary/aromatic N) is 1. The fourth-order valence-electron chi connectivity index (χ4n) is 3.18. The summed E-state index contributed by atoms with van der Waals surface area (Å²) in [7, 11) is -3.75. The molecule has 4 rings (SSSR count). The van der Waals surface area contributed by atoms with Crippen LogP contribution in [0.1, 0.15) is 33.3 Å². The van der Waals surface area contributed by atoms with Crippen molar-refractivity contribution in [2.75, 3.05) is 0 Å². The quantitative estimate of drug-likeness (QED) is 0.452. The Morgan fingerprint density at radius 3 is 2.48 bits per heavy atom. The molecule has 7 nitrogen and oxygen atoms in total. The highest BCUT2D eigenvalue weighted by atomic mass is 32.2. The Hall–Kier alpha value is -3.78. The van der Waals surface area contributed by atoms with Gasteiger partial charge in [0.15, 0.2) is 5.78 Å². The van der Waals surface area contributed by atoms with Crippen molar-refractivity contribution in [3.8, 4) is 0 Å². The van der Waals surface area contributed by atoms with Gasteiger partial charge >= 0.3 is 0 Å². The largest absolute Gasteiger partial charge is 0.350 e. The highest BCUT2D eigenvalue weighted by Crippen LogP contribution is 2.22. The smallest absolute Gasteiger partial charge is 0.267 e. The van der Waals surface area contributed by atoms with E-state index in [1.54, 1.807) is 48.8 Å². The van der Waals surface area contributed by atoms with Crippen molar-refractivity contribution in [1.82, 2.24) is 15.3 Å². The molecule has 0 radical (unpaired) electrons. The van der Waals surface area contributed by atoms with Crippen molar-refractivity contribution in [2.24, 2.45) is 0 Å². The number of hydrogen-bond donors (Lipinski definition) is 2. The first kappa shape index (κ1) is 20.5. The number of fused-ring (bicyclic) bond motifs is 1. The first-order valence-corrected chi connectivity index (χ1v) is 11.0. The number of aromatic amines is 1. The molecule has 0 aliphatic carbocycles. The van der Waals surface area contributed by atoms with Crippen LogP contribution in [0.2, 0.25) is 0 Å². The number of hydrogen-bond acceptors (Lipinski definition) is 5. The van der Waals surface area contributed by atoms with Gasteiger partial charge in [0.2, 0.25) is 9.84 Å². The lowest BCUT2D eigenvalue weighted by atomic mass is 10.2. The van der Waals surface area contributed by atoms with E-state index in [0.29, 0.717) is 11.3 Å². The average molecular weight is 433 g/mol. The van der Waals surface area contributed by atoms with Crippen LogP contribution in [0.5, 0.6) is 0 Å². The number of rotatable bonds is 6. The zero-order valence-corrected chi connectivity index (χ0v) is 17.4. The lowest BCUT2D eigenvalue weighted by Crippen LogP contribution is -2.23. The number of carbonyl (C=O) groups is 2. The number of amides is 1. The van der Waals surface area contributed by atoms with Crippen molar-refractivity contribution >= 4 is 32.4 Å². The van der Waals surface area contributed by atoms with Gasteiger partial charge in [0.1, 0.15) is 5.69 Å². The third kappa shape index (κ3) is 4.24. The van der Waals surface area contributed by atoms with E-state index < -0.39 is 9.84 Å². The van der Waals surface area contributed by atoms with Crippen LogP contribution in [0.15, 0.2) is 82.8 Å². The number of carbonyl (C=O) groups excluding carboxylic acids is 2. The van der Waals surface area contributed by atoms with Crippen LogP contribution in [0.3, 0.4) is 0 Å². The molecule has 2 aromatic carbocycles. The predicted octanol–water partition coefficient (Wildman–Crippen LogP) is 3.53. The second-order valence-corrected chi connectivity index (χ2v) is 9.01. The summed E-state index contributed by atoms with van der Waals surface area (Å²) in [5, 5.41) is 3.65. The topological polar surface area (TPSA) is 109 Å². The van der Waals surface area contributed by atoms with Crippen LogP contribution in [0.4, 0.5) is 0 Å². The molecule has 0 aliphatic rings. The van der Waals surface area contributed by atoms with Crippen LogP contribution in [0, 0.1) is 0 Å². The van der Waals surface area contributed by atoms with E-state index in [2.05, 4.69) is 15.3 Å². The molecule has 2 heterocycles. The lowest BCUT2D eigenvalue weighted by Gasteiger charge is -2.08. The summed E-state index contributed by atoms with van der Waals surface area (Å²) in [6.07, 6.45) is 3.32. The fraction of sp³-hybridized carbons (Fsp3) is 0.0870.